The number of rotatable bonds is 2. The van der Waals surface area contributed by atoms with Gasteiger partial charge in [0.25, 0.3) is 0 Å². The summed E-state index contributed by atoms with van der Waals surface area (Å²) >= 11 is 3.32. The molecule has 0 aliphatic heterocycles. The highest BCUT2D eigenvalue weighted by atomic mass is 79.9. The molecular weight excluding hydrogens is 428 g/mol. The molecular formula is C25H27BrO3. The zero-order valence-corrected chi connectivity index (χ0v) is 17.4. The summed E-state index contributed by atoms with van der Waals surface area (Å²) in [6.07, 6.45) is 1.57. The molecule has 1 aliphatic carbocycles. The molecule has 1 aliphatic rings. The van der Waals surface area contributed by atoms with Gasteiger partial charge < -0.3 is 9.84 Å². The maximum atomic E-state index is 11.0. The number of benzene rings is 3. The number of hydrogen-bond acceptors (Lipinski definition) is 3. The number of alkyl halides is 1. The van der Waals surface area contributed by atoms with Gasteiger partial charge in [0.1, 0.15) is 6.10 Å². The van der Waals surface area contributed by atoms with E-state index in [1.165, 1.54) is 18.2 Å². The molecule has 4 rings (SSSR count). The second-order valence-corrected chi connectivity index (χ2v) is 7.18. The highest BCUT2D eigenvalue weighted by molar-refractivity contribution is 9.08. The number of esters is 1. The lowest BCUT2D eigenvalue weighted by atomic mass is 9.97. The molecule has 0 saturated heterocycles. The normalized spacial score (nSPS) is 12.2. The van der Waals surface area contributed by atoms with Gasteiger partial charge in [0.15, 0.2) is 0 Å². The number of aliphatic hydroxyl groups is 1. The van der Waals surface area contributed by atoms with Gasteiger partial charge >= 0.3 is 5.97 Å². The van der Waals surface area contributed by atoms with E-state index in [1.807, 2.05) is 48.5 Å². The Morgan fingerprint density at radius 2 is 1.41 bits per heavy atom. The third-order valence-electron chi connectivity index (χ3n) is 4.89. The smallest absolute Gasteiger partial charge is 0.337 e. The Hall–Kier alpha value is -2.43. The molecule has 3 aromatic rings. The minimum Gasteiger partial charge on any atom is -0.465 e. The molecule has 3 aromatic carbocycles. The number of carbonyl (C=O) groups is 1. The van der Waals surface area contributed by atoms with Crippen molar-refractivity contribution < 1.29 is 14.6 Å². The number of carbonyl (C=O) groups excluding carboxylic acids is 1. The van der Waals surface area contributed by atoms with Gasteiger partial charge in [0.05, 0.1) is 12.7 Å². The zero-order chi connectivity index (χ0) is 19.9. The van der Waals surface area contributed by atoms with E-state index in [1.54, 1.807) is 12.1 Å². The number of ether oxygens (including phenoxy) is 1. The van der Waals surface area contributed by atoms with Gasteiger partial charge in [-0.05, 0) is 52.8 Å². The number of halogens is 1. The lowest BCUT2D eigenvalue weighted by Crippen LogP contribution is -2.01. The van der Waals surface area contributed by atoms with Crippen LogP contribution in [0.4, 0.5) is 0 Å². The van der Waals surface area contributed by atoms with Crippen LogP contribution in [-0.2, 0) is 22.9 Å². The van der Waals surface area contributed by atoms with Crippen molar-refractivity contribution in [3.05, 3.63) is 106 Å². The van der Waals surface area contributed by atoms with Crippen LogP contribution < -0.4 is 0 Å². The molecule has 0 amide bonds. The standard InChI is InChI=1S/C15H14O.C9H9BrO2.CH4/c16-15-13-7-3-1-5-11(13)9-10-12-6-2-4-8-14(12)15;1-12-9(11)8-4-2-7(6-10)3-5-8;/h1-8,15-16H,9-10H2;2-5H,6H2,1H3;1H4. The summed E-state index contributed by atoms with van der Waals surface area (Å²) in [5, 5.41) is 11.2. The number of hydrogen-bond donors (Lipinski definition) is 1. The molecule has 0 heterocycles. The first kappa shape index (κ1) is 22.9. The Kier molecular flexibility index (Phi) is 8.62. The van der Waals surface area contributed by atoms with Crippen LogP contribution >= 0.6 is 15.9 Å². The second kappa shape index (κ2) is 10.9. The monoisotopic (exact) mass is 454 g/mol. The van der Waals surface area contributed by atoms with E-state index in [0.29, 0.717) is 5.56 Å². The SMILES string of the molecule is C.COC(=O)c1ccc(CBr)cc1.OC1c2ccccc2CCc2ccccc21. The van der Waals surface area contributed by atoms with Gasteiger partial charge in [0.2, 0.25) is 0 Å². The van der Waals surface area contributed by atoms with E-state index >= 15 is 0 Å². The van der Waals surface area contributed by atoms with E-state index in [2.05, 4.69) is 32.8 Å². The highest BCUT2D eigenvalue weighted by Crippen LogP contribution is 2.31. The van der Waals surface area contributed by atoms with Gasteiger partial charge in [-0.2, -0.15) is 0 Å². The number of methoxy groups -OCH3 is 1. The number of fused-ring (bicyclic) bond motifs is 2. The Bertz CT molecular complexity index is 887. The van der Waals surface area contributed by atoms with Crippen LogP contribution in [-0.4, -0.2) is 18.2 Å². The Morgan fingerprint density at radius 1 is 0.931 bits per heavy atom. The zero-order valence-electron chi connectivity index (χ0n) is 15.8. The quantitative estimate of drug-likeness (QED) is 0.388. The van der Waals surface area contributed by atoms with E-state index in [9.17, 15) is 9.90 Å². The molecule has 3 nitrogen and oxygen atoms in total. The Labute approximate surface area is 181 Å². The number of aliphatic hydroxyl groups excluding tert-OH is 1. The minimum atomic E-state index is -0.463. The summed E-state index contributed by atoms with van der Waals surface area (Å²) in [6, 6.07) is 23.7. The van der Waals surface area contributed by atoms with Gasteiger partial charge in [0, 0.05) is 5.33 Å². The average Bonchev–Trinajstić information content (AvgIpc) is 2.91. The maximum absolute atomic E-state index is 11.0. The first-order valence-corrected chi connectivity index (χ1v) is 10.3. The molecule has 1 N–H and O–H groups in total. The summed E-state index contributed by atoms with van der Waals surface area (Å²) in [6.45, 7) is 0. The fourth-order valence-electron chi connectivity index (χ4n) is 3.34. The van der Waals surface area contributed by atoms with Crippen molar-refractivity contribution in [2.45, 2.75) is 31.7 Å². The molecule has 0 unspecified atom stereocenters. The van der Waals surface area contributed by atoms with Crippen molar-refractivity contribution in [3.8, 4) is 0 Å². The molecule has 0 aromatic heterocycles. The summed E-state index contributed by atoms with van der Waals surface area (Å²) in [4.78, 5) is 11.0. The van der Waals surface area contributed by atoms with Gasteiger partial charge in [-0.1, -0.05) is 84.0 Å². The molecule has 0 spiro atoms. The van der Waals surface area contributed by atoms with Gasteiger partial charge in [-0.3, -0.25) is 0 Å². The van der Waals surface area contributed by atoms with E-state index in [-0.39, 0.29) is 13.4 Å². The lowest BCUT2D eigenvalue weighted by Gasteiger charge is -2.13. The van der Waals surface area contributed by atoms with Crippen LogP contribution in [0.1, 0.15) is 51.7 Å². The van der Waals surface area contributed by atoms with Crippen LogP contribution in [0.15, 0.2) is 72.8 Å². The van der Waals surface area contributed by atoms with Crippen molar-refractivity contribution >= 4 is 21.9 Å². The second-order valence-electron chi connectivity index (χ2n) is 6.62. The van der Waals surface area contributed by atoms with Crippen LogP contribution in [0, 0.1) is 0 Å². The number of aryl methyl sites for hydroxylation is 2. The highest BCUT2D eigenvalue weighted by Gasteiger charge is 2.20. The van der Waals surface area contributed by atoms with Crippen molar-refractivity contribution in [2.24, 2.45) is 0 Å². The van der Waals surface area contributed by atoms with E-state index < -0.39 is 6.10 Å². The summed E-state index contributed by atoms with van der Waals surface area (Å²) in [5.74, 6) is -0.295. The topological polar surface area (TPSA) is 46.5 Å². The van der Waals surface area contributed by atoms with Gasteiger partial charge in [-0.25, -0.2) is 4.79 Å². The van der Waals surface area contributed by atoms with Crippen LogP contribution in [0.3, 0.4) is 0 Å². The molecule has 0 saturated carbocycles. The van der Waals surface area contributed by atoms with E-state index in [0.717, 1.165) is 34.9 Å². The Morgan fingerprint density at radius 3 is 1.86 bits per heavy atom. The fraction of sp³-hybridized carbons (Fsp3) is 0.240. The summed E-state index contributed by atoms with van der Waals surface area (Å²) in [7, 11) is 1.38. The molecule has 152 valence electrons. The van der Waals surface area contributed by atoms with Crippen molar-refractivity contribution in [3.63, 3.8) is 0 Å². The largest absolute Gasteiger partial charge is 0.465 e. The third kappa shape index (κ3) is 5.55. The summed E-state index contributed by atoms with van der Waals surface area (Å²) < 4.78 is 4.56. The first-order chi connectivity index (χ1) is 13.6. The van der Waals surface area contributed by atoms with E-state index in [4.69, 9.17) is 0 Å². The molecule has 0 bridgehead atoms. The predicted octanol–water partition coefficient (Wildman–Crippen LogP) is 5.87. The fourth-order valence-corrected chi connectivity index (χ4v) is 3.72. The van der Waals surface area contributed by atoms with Crippen LogP contribution in [0.2, 0.25) is 0 Å². The lowest BCUT2D eigenvalue weighted by molar-refractivity contribution is 0.0600. The Balaban J connectivity index is 0.000000209. The molecule has 0 radical (unpaired) electrons. The van der Waals surface area contributed by atoms with Crippen molar-refractivity contribution in [1.82, 2.24) is 0 Å². The third-order valence-corrected chi connectivity index (χ3v) is 5.54. The molecule has 4 heteroatoms. The van der Waals surface area contributed by atoms with Crippen molar-refractivity contribution in [1.29, 1.82) is 0 Å². The summed E-state index contributed by atoms with van der Waals surface area (Å²) in [5.41, 5.74) is 6.39. The van der Waals surface area contributed by atoms with Crippen LogP contribution in [0.5, 0.6) is 0 Å². The van der Waals surface area contributed by atoms with Gasteiger partial charge in [-0.15, -0.1) is 0 Å². The molecule has 29 heavy (non-hydrogen) atoms. The predicted molar refractivity (Wildman–Crippen MR) is 121 cm³/mol. The molecule has 0 atom stereocenters. The molecule has 0 fully saturated rings. The first-order valence-electron chi connectivity index (χ1n) is 9.21. The van der Waals surface area contributed by atoms with Crippen LogP contribution in [0.25, 0.3) is 0 Å². The average molecular weight is 455 g/mol. The minimum absolute atomic E-state index is 0. The van der Waals surface area contributed by atoms with Crippen molar-refractivity contribution in [2.75, 3.05) is 7.11 Å². The maximum Gasteiger partial charge on any atom is 0.337 e.